The summed E-state index contributed by atoms with van der Waals surface area (Å²) >= 11 is 0. The smallest absolute Gasteiger partial charge is 0.0497 e. The molecule has 0 unspecified atom stereocenters. The standard InChI is InChI=1S/C20H22N2/c1-22-13-7-10-16(22)14-18-17-11-5-6-12-19(17)21-20(18)15-8-3-2-4-9-15/h2-6,8-9,11-12,16,21H,7,10,13-14H2,1H3/t16-/m1/s1. The Hall–Kier alpha value is -2.06. The Bertz CT molecular complexity index is 773. The first-order valence-corrected chi connectivity index (χ1v) is 8.18. The van der Waals surface area contributed by atoms with Crippen molar-refractivity contribution in [2.24, 2.45) is 0 Å². The van der Waals surface area contributed by atoms with E-state index in [9.17, 15) is 0 Å². The summed E-state index contributed by atoms with van der Waals surface area (Å²) in [6.07, 6.45) is 3.76. The van der Waals surface area contributed by atoms with Gasteiger partial charge in [0.25, 0.3) is 0 Å². The molecular formula is C20H22N2. The summed E-state index contributed by atoms with van der Waals surface area (Å²) in [6, 6.07) is 20.1. The second kappa shape index (κ2) is 5.62. The molecule has 0 aliphatic carbocycles. The zero-order chi connectivity index (χ0) is 14.9. The third kappa shape index (κ3) is 2.34. The normalized spacial score (nSPS) is 19.0. The van der Waals surface area contributed by atoms with Crippen LogP contribution in [0.15, 0.2) is 54.6 Å². The van der Waals surface area contributed by atoms with Crippen LogP contribution < -0.4 is 0 Å². The molecule has 2 aromatic carbocycles. The number of nitrogens with zero attached hydrogens (tertiary/aromatic N) is 1. The van der Waals surface area contributed by atoms with E-state index in [1.165, 1.54) is 47.1 Å². The Balaban J connectivity index is 1.83. The van der Waals surface area contributed by atoms with Gasteiger partial charge in [-0.3, -0.25) is 0 Å². The average Bonchev–Trinajstić information content (AvgIpc) is 3.13. The molecule has 0 saturated carbocycles. The molecule has 0 radical (unpaired) electrons. The maximum absolute atomic E-state index is 3.65. The fourth-order valence-corrected chi connectivity index (χ4v) is 3.74. The average molecular weight is 290 g/mol. The molecule has 22 heavy (non-hydrogen) atoms. The molecule has 1 aliphatic rings. The Morgan fingerprint density at radius 3 is 2.59 bits per heavy atom. The van der Waals surface area contributed by atoms with Gasteiger partial charge in [0.1, 0.15) is 0 Å². The van der Waals surface area contributed by atoms with Crippen LogP contribution in [-0.2, 0) is 6.42 Å². The summed E-state index contributed by atoms with van der Waals surface area (Å²) in [5, 5.41) is 1.38. The van der Waals surface area contributed by atoms with Gasteiger partial charge in [0, 0.05) is 22.6 Å². The lowest BCUT2D eigenvalue weighted by atomic mass is 9.98. The molecule has 0 amide bonds. The van der Waals surface area contributed by atoms with E-state index in [2.05, 4.69) is 71.5 Å². The highest BCUT2D eigenvalue weighted by molar-refractivity contribution is 5.90. The van der Waals surface area contributed by atoms with Crippen LogP contribution in [0.4, 0.5) is 0 Å². The van der Waals surface area contributed by atoms with Crippen LogP contribution in [0.3, 0.4) is 0 Å². The first-order chi connectivity index (χ1) is 10.8. The molecule has 1 N–H and O–H groups in total. The lowest BCUT2D eigenvalue weighted by Gasteiger charge is -2.20. The van der Waals surface area contributed by atoms with Gasteiger partial charge in [0.05, 0.1) is 0 Å². The Kier molecular flexibility index (Phi) is 3.47. The number of benzene rings is 2. The number of rotatable bonds is 3. The van der Waals surface area contributed by atoms with E-state index in [1.54, 1.807) is 0 Å². The van der Waals surface area contributed by atoms with Gasteiger partial charge >= 0.3 is 0 Å². The van der Waals surface area contributed by atoms with Gasteiger partial charge in [-0.1, -0.05) is 48.5 Å². The fourth-order valence-electron chi connectivity index (χ4n) is 3.74. The number of H-pyrrole nitrogens is 1. The SMILES string of the molecule is CN1CCC[C@@H]1Cc1c(-c2ccccc2)[nH]c2ccccc12. The minimum Gasteiger partial charge on any atom is -0.354 e. The zero-order valence-electron chi connectivity index (χ0n) is 13.0. The Labute approximate surface area is 131 Å². The number of aromatic nitrogens is 1. The number of likely N-dealkylation sites (tertiary alicyclic amines) is 1. The molecule has 1 fully saturated rings. The maximum atomic E-state index is 3.65. The lowest BCUT2D eigenvalue weighted by molar-refractivity contribution is 0.310. The minimum absolute atomic E-state index is 0.668. The van der Waals surface area contributed by atoms with Crippen molar-refractivity contribution in [1.82, 2.24) is 9.88 Å². The highest BCUT2D eigenvalue weighted by Crippen LogP contribution is 2.33. The second-order valence-corrected chi connectivity index (χ2v) is 6.37. The van der Waals surface area contributed by atoms with Crippen LogP contribution in [0.2, 0.25) is 0 Å². The van der Waals surface area contributed by atoms with Gasteiger partial charge in [-0.05, 0) is 50.0 Å². The molecule has 2 heterocycles. The molecule has 0 bridgehead atoms. The van der Waals surface area contributed by atoms with Crippen molar-refractivity contribution in [3.05, 3.63) is 60.2 Å². The van der Waals surface area contributed by atoms with Crippen molar-refractivity contribution in [3.8, 4) is 11.3 Å². The number of nitrogens with one attached hydrogen (secondary N) is 1. The summed E-state index contributed by atoms with van der Waals surface area (Å²) < 4.78 is 0. The summed E-state index contributed by atoms with van der Waals surface area (Å²) in [4.78, 5) is 6.16. The summed E-state index contributed by atoms with van der Waals surface area (Å²) in [6.45, 7) is 1.23. The van der Waals surface area contributed by atoms with E-state index in [4.69, 9.17) is 0 Å². The Morgan fingerprint density at radius 1 is 1.05 bits per heavy atom. The maximum Gasteiger partial charge on any atom is 0.0497 e. The van der Waals surface area contributed by atoms with Gasteiger partial charge in [-0.15, -0.1) is 0 Å². The number of aromatic amines is 1. The van der Waals surface area contributed by atoms with Crippen LogP contribution in [0.5, 0.6) is 0 Å². The van der Waals surface area contributed by atoms with Crippen LogP contribution in [-0.4, -0.2) is 29.5 Å². The largest absolute Gasteiger partial charge is 0.354 e. The number of hydrogen-bond acceptors (Lipinski definition) is 1. The molecule has 3 aromatic rings. The number of hydrogen-bond donors (Lipinski definition) is 1. The van der Waals surface area contributed by atoms with Crippen LogP contribution in [0, 0.1) is 0 Å². The van der Waals surface area contributed by atoms with Crippen molar-refractivity contribution in [2.75, 3.05) is 13.6 Å². The molecule has 2 nitrogen and oxygen atoms in total. The molecule has 1 aliphatic heterocycles. The third-order valence-electron chi connectivity index (χ3n) is 4.99. The van der Waals surface area contributed by atoms with E-state index in [1.807, 2.05) is 0 Å². The van der Waals surface area contributed by atoms with Crippen molar-refractivity contribution in [2.45, 2.75) is 25.3 Å². The van der Waals surface area contributed by atoms with Crippen molar-refractivity contribution >= 4 is 10.9 Å². The van der Waals surface area contributed by atoms with Crippen molar-refractivity contribution in [1.29, 1.82) is 0 Å². The van der Waals surface area contributed by atoms with Gasteiger partial charge in [-0.25, -0.2) is 0 Å². The van der Waals surface area contributed by atoms with Gasteiger partial charge in [0.15, 0.2) is 0 Å². The summed E-state index contributed by atoms with van der Waals surface area (Å²) in [5.41, 5.74) is 5.30. The minimum atomic E-state index is 0.668. The van der Waals surface area contributed by atoms with Crippen LogP contribution in [0.25, 0.3) is 22.2 Å². The van der Waals surface area contributed by atoms with Crippen molar-refractivity contribution in [3.63, 3.8) is 0 Å². The van der Waals surface area contributed by atoms with Gasteiger partial charge in [-0.2, -0.15) is 0 Å². The molecule has 1 aromatic heterocycles. The monoisotopic (exact) mass is 290 g/mol. The van der Waals surface area contributed by atoms with E-state index in [-0.39, 0.29) is 0 Å². The highest BCUT2D eigenvalue weighted by atomic mass is 15.1. The zero-order valence-corrected chi connectivity index (χ0v) is 13.0. The molecule has 1 saturated heterocycles. The summed E-state index contributed by atoms with van der Waals surface area (Å²) in [7, 11) is 2.26. The summed E-state index contributed by atoms with van der Waals surface area (Å²) in [5.74, 6) is 0. The number of fused-ring (bicyclic) bond motifs is 1. The highest BCUT2D eigenvalue weighted by Gasteiger charge is 2.24. The van der Waals surface area contributed by atoms with Crippen LogP contribution in [0.1, 0.15) is 18.4 Å². The molecule has 112 valence electrons. The van der Waals surface area contributed by atoms with Crippen LogP contribution >= 0.6 is 0 Å². The predicted molar refractivity (Wildman–Crippen MR) is 93.1 cm³/mol. The van der Waals surface area contributed by atoms with Gasteiger partial charge < -0.3 is 9.88 Å². The number of para-hydroxylation sites is 1. The van der Waals surface area contributed by atoms with E-state index >= 15 is 0 Å². The van der Waals surface area contributed by atoms with Crippen molar-refractivity contribution < 1.29 is 0 Å². The van der Waals surface area contributed by atoms with Gasteiger partial charge in [0.2, 0.25) is 0 Å². The quantitative estimate of drug-likeness (QED) is 0.754. The first kappa shape index (κ1) is 13.6. The predicted octanol–water partition coefficient (Wildman–Crippen LogP) is 4.47. The second-order valence-electron chi connectivity index (χ2n) is 6.37. The number of likely N-dealkylation sites (N-methyl/N-ethyl adjacent to an activating group) is 1. The third-order valence-corrected chi connectivity index (χ3v) is 4.99. The first-order valence-electron chi connectivity index (χ1n) is 8.18. The van der Waals surface area contributed by atoms with E-state index in [0.717, 1.165) is 6.42 Å². The molecule has 2 heteroatoms. The molecule has 1 atom stereocenters. The lowest BCUT2D eigenvalue weighted by Crippen LogP contribution is -2.26. The fraction of sp³-hybridized carbons (Fsp3) is 0.300. The molecule has 4 rings (SSSR count). The molecular weight excluding hydrogens is 268 g/mol. The Morgan fingerprint density at radius 2 is 1.82 bits per heavy atom. The topological polar surface area (TPSA) is 19.0 Å². The van der Waals surface area contributed by atoms with E-state index in [0.29, 0.717) is 6.04 Å². The van der Waals surface area contributed by atoms with E-state index < -0.39 is 0 Å². The molecule has 0 spiro atoms.